The van der Waals surface area contributed by atoms with Crippen LogP contribution in [-0.2, 0) is 17.8 Å². The largest absolute Gasteiger partial charge is 0.495 e. The third-order valence-electron chi connectivity index (χ3n) is 4.93. The number of amides is 1. The average Bonchev–Trinajstić information content (AvgIpc) is 3.22. The highest BCUT2D eigenvalue weighted by Gasteiger charge is 2.23. The van der Waals surface area contributed by atoms with Gasteiger partial charge in [0.05, 0.1) is 27.2 Å². The Morgan fingerprint density at radius 3 is 2.52 bits per heavy atom. The van der Waals surface area contributed by atoms with Crippen LogP contribution in [0.25, 0.3) is 10.2 Å². The van der Waals surface area contributed by atoms with Crippen molar-refractivity contribution in [2.24, 2.45) is 0 Å². The number of thiazole rings is 1. The molecule has 0 fully saturated rings. The molecule has 0 atom stereocenters. The lowest BCUT2D eigenvalue weighted by molar-refractivity contribution is -0.118. The number of hydrogen-bond acceptors (Lipinski definition) is 6. The summed E-state index contributed by atoms with van der Waals surface area (Å²) in [7, 11) is 3.23. The van der Waals surface area contributed by atoms with Gasteiger partial charge in [0, 0.05) is 12.4 Å². The van der Waals surface area contributed by atoms with Gasteiger partial charge in [-0.25, -0.2) is 4.98 Å². The zero-order chi connectivity index (χ0) is 21.8. The van der Waals surface area contributed by atoms with Crippen LogP contribution in [0.2, 0.25) is 0 Å². The predicted octanol–water partition coefficient (Wildman–Crippen LogP) is 4.79. The fraction of sp³-hybridized carbons (Fsp3) is 0.208. The van der Waals surface area contributed by atoms with Gasteiger partial charge < -0.3 is 9.47 Å². The smallest absolute Gasteiger partial charge is 0.233 e. The van der Waals surface area contributed by atoms with E-state index in [-0.39, 0.29) is 12.3 Å². The van der Waals surface area contributed by atoms with Crippen molar-refractivity contribution in [3.05, 3.63) is 77.6 Å². The van der Waals surface area contributed by atoms with E-state index in [0.29, 0.717) is 28.7 Å². The first-order chi connectivity index (χ1) is 15.1. The fourth-order valence-electron chi connectivity index (χ4n) is 3.42. The third kappa shape index (κ3) is 4.51. The molecule has 2 aromatic heterocycles. The number of benzene rings is 2. The van der Waals surface area contributed by atoms with Crippen LogP contribution in [0.1, 0.15) is 16.7 Å². The fourth-order valence-corrected chi connectivity index (χ4v) is 4.51. The van der Waals surface area contributed by atoms with Gasteiger partial charge in [0.15, 0.2) is 5.13 Å². The Labute approximate surface area is 185 Å². The molecule has 4 aromatic rings. The van der Waals surface area contributed by atoms with Crippen molar-refractivity contribution in [3.8, 4) is 11.5 Å². The lowest BCUT2D eigenvalue weighted by atomic mass is 10.1. The lowest BCUT2D eigenvalue weighted by Crippen LogP contribution is -2.31. The highest BCUT2D eigenvalue weighted by Crippen LogP contribution is 2.40. The first kappa shape index (κ1) is 20.8. The van der Waals surface area contributed by atoms with E-state index in [9.17, 15) is 4.79 Å². The van der Waals surface area contributed by atoms with E-state index in [1.54, 1.807) is 31.5 Å². The number of ether oxygens (including phenoxy) is 2. The van der Waals surface area contributed by atoms with E-state index in [0.717, 1.165) is 21.4 Å². The first-order valence-corrected chi connectivity index (χ1v) is 10.7. The second-order valence-electron chi connectivity index (χ2n) is 7.15. The molecular formula is C24H23N3O3S. The highest BCUT2D eigenvalue weighted by atomic mass is 32.1. The molecule has 6 nitrogen and oxygen atoms in total. The Bertz CT molecular complexity index is 1170. The van der Waals surface area contributed by atoms with E-state index in [4.69, 9.17) is 14.5 Å². The van der Waals surface area contributed by atoms with E-state index >= 15 is 0 Å². The lowest BCUT2D eigenvalue weighted by Gasteiger charge is -2.20. The molecule has 0 saturated heterocycles. The van der Waals surface area contributed by atoms with Crippen LogP contribution >= 0.6 is 11.3 Å². The molecule has 0 spiro atoms. The second-order valence-corrected chi connectivity index (χ2v) is 8.13. The summed E-state index contributed by atoms with van der Waals surface area (Å²) >= 11 is 1.42. The van der Waals surface area contributed by atoms with Crippen LogP contribution in [0.15, 0.2) is 60.9 Å². The summed E-state index contributed by atoms with van der Waals surface area (Å²) in [6, 6.07) is 15.5. The summed E-state index contributed by atoms with van der Waals surface area (Å²) in [6.45, 7) is 2.40. The molecule has 0 aliphatic rings. The maximum absolute atomic E-state index is 13.4. The zero-order valence-electron chi connectivity index (χ0n) is 17.7. The van der Waals surface area contributed by atoms with Gasteiger partial charge in [0.2, 0.25) is 5.91 Å². The van der Waals surface area contributed by atoms with Crippen molar-refractivity contribution in [1.29, 1.82) is 0 Å². The number of pyridine rings is 1. The summed E-state index contributed by atoms with van der Waals surface area (Å²) in [5, 5.41) is 0.597. The number of rotatable bonds is 7. The summed E-state index contributed by atoms with van der Waals surface area (Å²) in [5.41, 5.74) is 3.70. The first-order valence-electron chi connectivity index (χ1n) is 9.85. The molecule has 0 aliphatic carbocycles. The Morgan fingerprint density at radius 2 is 1.81 bits per heavy atom. The number of carbonyl (C=O) groups is 1. The molecule has 158 valence electrons. The van der Waals surface area contributed by atoms with Crippen LogP contribution in [0.4, 0.5) is 5.13 Å². The van der Waals surface area contributed by atoms with Gasteiger partial charge in [-0.15, -0.1) is 0 Å². The van der Waals surface area contributed by atoms with E-state index in [1.165, 1.54) is 11.3 Å². The Balaban J connectivity index is 1.75. The number of nitrogens with zero attached hydrogens (tertiary/aromatic N) is 3. The van der Waals surface area contributed by atoms with Gasteiger partial charge in [-0.3, -0.25) is 14.7 Å². The predicted molar refractivity (Wildman–Crippen MR) is 123 cm³/mol. The van der Waals surface area contributed by atoms with Crippen molar-refractivity contribution < 1.29 is 14.3 Å². The molecule has 2 aromatic carbocycles. The Hall–Kier alpha value is -3.45. The van der Waals surface area contributed by atoms with Gasteiger partial charge in [-0.1, -0.05) is 47.2 Å². The quantitative estimate of drug-likeness (QED) is 0.419. The van der Waals surface area contributed by atoms with Crippen molar-refractivity contribution in [3.63, 3.8) is 0 Å². The number of aryl methyl sites for hydroxylation is 1. The molecule has 0 N–H and O–H groups in total. The molecule has 7 heteroatoms. The molecular weight excluding hydrogens is 410 g/mol. The second kappa shape index (κ2) is 9.14. The monoisotopic (exact) mass is 433 g/mol. The number of aromatic nitrogens is 2. The van der Waals surface area contributed by atoms with Crippen molar-refractivity contribution in [2.75, 3.05) is 19.1 Å². The molecule has 31 heavy (non-hydrogen) atoms. The minimum Gasteiger partial charge on any atom is -0.495 e. The van der Waals surface area contributed by atoms with Crippen LogP contribution < -0.4 is 14.4 Å². The Morgan fingerprint density at radius 1 is 1.03 bits per heavy atom. The summed E-state index contributed by atoms with van der Waals surface area (Å²) in [6.07, 6.45) is 3.77. The third-order valence-corrected chi connectivity index (χ3v) is 6.03. The minimum atomic E-state index is -0.0357. The van der Waals surface area contributed by atoms with Gasteiger partial charge in [0.1, 0.15) is 21.7 Å². The van der Waals surface area contributed by atoms with Crippen LogP contribution in [0.5, 0.6) is 11.5 Å². The maximum atomic E-state index is 13.4. The molecule has 0 saturated carbocycles. The molecule has 4 rings (SSSR count). The van der Waals surface area contributed by atoms with Crippen LogP contribution in [0, 0.1) is 6.92 Å². The summed E-state index contributed by atoms with van der Waals surface area (Å²) in [4.78, 5) is 24.1. The van der Waals surface area contributed by atoms with Crippen LogP contribution in [0.3, 0.4) is 0 Å². The molecule has 0 bridgehead atoms. The van der Waals surface area contributed by atoms with Crippen molar-refractivity contribution in [2.45, 2.75) is 19.9 Å². The topological polar surface area (TPSA) is 64.6 Å². The number of hydrogen-bond donors (Lipinski definition) is 0. The van der Waals surface area contributed by atoms with Gasteiger partial charge in [0.25, 0.3) is 0 Å². The minimum absolute atomic E-state index is 0.0357. The van der Waals surface area contributed by atoms with E-state index in [2.05, 4.69) is 4.98 Å². The normalized spacial score (nSPS) is 10.8. The Kier molecular flexibility index (Phi) is 6.13. The van der Waals surface area contributed by atoms with Crippen molar-refractivity contribution in [1.82, 2.24) is 9.97 Å². The van der Waals surface area contributed by atoms with Crippen LogP contribution in [-0.4, -0.2) is 30.1 Å². The molecule has 0 aliphatic heterocycles. The summed E-state index contributed by atoms with van der Waals surface area (Å²) in [5.74, 6) is 1.31. The van der Waals surface area contributed by atoms with Gasteiger partial charge in [-0.2, -0.15) is 0 Å². The molecule has 2 heterocycles. The highest BCUT2D eigenvalue weighted by molar-refractivity contribution is 7.22. The molecule has 1 amide bonds. The SMILES string of the molecule is COc1ccc(OC)c2sc(N(Cc3cccnc3)C(=O)Cc3cccc(C)c3)nc12. The maximum Gasteiger partial charge on any atom is 0.233 e. The molecule has 0 unspecified atom stereocenters. The van der Waals surface area contributed by atoms with Gasteiger partial charge >= 0.3 is 0 Å². The van der Waals surface area contributed by atoms with E-state index < -0.39 is 0 Å². The average molecular weight is 434 g/mol. The number of methoxy groups -OCH3 is 2. The van der Waals surface area contributed by atoms with Gasteiger partial charge in [-0.05, 0) is 36.2 Å². The number of carbonyl (C=O) groups excluding carboxylic acids is 1. The zero-order valence-corrected chi connectivity index (χ0v) is 18.5. The number of fused-ring (bicyclic) bond motifs is 1. The van der Waals surface area contributed by atoms with Crippen molar-refractivity contribution >= 4 is 32.6 Å². The standard InChI is InChI=1S/C24H23N3O3S/c1-16-6-4-7-17(12-16)13-21(28)27(15-18-8-5-11-25-14-18)24-26-22-19(29-2)9-10-20(30-3)23(22)31-24/h4-12,14H,13,15H2,1-3H3. The van der Waals surface area contributed by atoms with E-state index in [1.807, 2.05) is 55.5 Å². The number of anilines is 1. The molecule has 0 radical (unpaired) electrons. The summed E-state index contributed by atoms with van der Waals surface area (Å²) < 4.78 is 11.8.